The van der Waals surface area contributed by atoms with E-state index in [1.165, 1.54) is 16.7 Å². The minimum absolute atomic E-state index is 0.392. The molecule has 1 fully saturated rings. The van der Waals surface area contributed by atoms with Gasteiger partial charge in [0.1, 0.15) is 5.60 Å². The molecule has 0 N–H and O–H groups in total. The van der Waals surface area contributed by atoms with Crippen LogP contribution in [0.5, 0.6) is 0 Å². The zero-order chi connectivity index (χ0) is 16.2. The average Bonchev–Trinajstić information content (AvgIpc) is 3.09. The lowest BCUT2D eigenvalue weighted by atomic mass is 9.84. The van der Waals surface area contributed by atoms with Crippen molar-refractivity contribution >= 4 is 0 Å². The van der Waals surface area contributed by atoms with Crippen LogP contribution in [0.25, 0.3) is 0 Å². The van der Waals surface area contributed by atoms with Gasteiger partial charge in [0, 0.05) is 19.5 Å². The van der Waals surface area contributed by atoms with Gasteiger partial charge >= 0.3 is 0 Å². The highest BCUT2D eigenvalue weighted by atomic mass is 16.7. The van der Waals surface area contributed by atoms with Crippen LogP contribution in [0, 0.1) is 0 Å². The summed E-state index contributed by atoms with van der Waals surface area (Å²) >= 11 is 0. The molecular weight excluding hydrogens is 294 g/mol. The minimum atomic E-state index is -0.392. The van der Waals surface area contributed by atoms with Crippen LogP contribution in [0.15, 0.2) is 91.0 Å². The normalized spacial score (nSPS) is 17.0. The first-order valence-electron chi connectivity index (χ1n) is 8.46. The van der Waals surface area contributed by atoms with E-state index in [1.807, 2.05) is 6.07 Å². The van der Waals surface area contributed by atoms with Crippen molar-refractivity contribution in [1.29, 1.82) is 0 Å². The van der Waals surface area contributed by atoms with Crippen LogP contribution in [0.1, 0.15) is 23.1 Å². The molecule has 1 aliphatic rings. The number of hydrogen-bond donors (Lipinski definition) is 0. The molecule has 0 unspecified atom stereocenters. The van der Waals surface area contributed by atoms with Crippen LogP contribution < -0.4 is 0 Å². The second-order valence-electron chi connectivity index (χ2n) is 6.25. The molecule has 1 saturated heterocycles. The summed E-state index contributed by atoms with van der Waals surface area (Å²) in [7, 11) is 0. The van der Waals surface area contributed by atoms with Crippen molar-refractivity contribution in [3.8, 4) is 0 Å². The SMILES string of the molecule is c1ccc(CN2CCC(c3ccccc3)(c3ccccc3)O2)cc1. The van der Waals surface area contributed by atoms with Crippen molar-refractivity contribution in [3.05, 3.63) is 108 Å². The Morgan fingerprint density at radius 1 is 0.708 bits per heavy atom. The smallest absolute Gasteiger partial charge is 0.141 e. The summed E-state index contributed by atoms with van der Waals surface area (Å²) in [4.78, 5) is 6.56. The van der Waals surface area contributed by atoms with Gasteiger partial charge in [-0.15, -0.1) is 0 Å². The van der Waals surface area contributed by atoms with Gasteiger partial charge < -0.3 is 0 Å². The molecule has 0 bridgehead atoms. The van der Waals surface area contributed by atoms with Gasteiger partial charge in [0.05, 0.1) is 0 Å². The lowest BCUT2D eigenvalue weighted by Gasteiger charge is -2.30. The highest BCUT2D eigenvalue weighted by Crippen LogP contribution is 2.42. The quantitative estimate of drug-likeness (QED) is 0.688. The molecule has 1 aliphatic heterocycles. The molecule has 0 spiro atoms. The Morgan fingerprint density at radius 2 is 1.21 bits per heavy atom. The first-order chi connectivity index (χ1) is 11.9. The monoisotopic (exact) mass is 315 g/mol. The molecular formula is C22H21NO. The van der Waals surface area contributed by atoms with Gasteiger partial charge in [-0.1, -0.05) is 91.0 Å². The summed E-state index contributed by atoms with van der Waals surface area (Å²) in [5.41, 5.74) is 3.31. The summed E-state index contributed by atoms with van der Waals surface area (Å²) in [5.74, 6) is 0. The van der Waals surface area contributed by atoms with E-state index >= 15 is 0 Å². The molecule has 1 heterocycles. The van der Waals surface area contributed by atoms with E-state index in [0.717, 1.165) is 19.5 Å². The van der Waals surface area contributed by atoms with Gasteiger partial charge in [0.2, 0.25) is 0 Å². The topological polar surface area (TPSA) is 12.5 Å². The van der Waals surface area contributed by atoms with Gasteiger partial charge in [0.15, 0.2) is 0 Å². The van der Waals surface area contributed by atoms with Gasteiger partial charge in [0.25, 0.3) is 0 Å². The Labute approximate surface area is 143 Å². The number of rotatable bonds is 4. The van der Waals surface area contributed by atoms with Crippen molar-refractivity contribution in [3.63, 3.8) is 0 Å². The maximum atomic E-state index is 6.56. The first kappa shape index (κ1) is 15.1. The highest BCUT2D eigenvalue weighted by molar-refractivity contribution is 5.37. The van der Waals surface area contributed by atoms with Gasteiger partial charge in [-0.3, -0.25) is 4.84 Å². The summed E-state index contributed by atoms with van der Waals surface area (Å²) in [6, 6.07) is 31.6. The molecule has 0 amide bonds. The molecule has 24 heavy (non-hydrogen) atoms. The summed E-state index contributed by atoms with van der Waals surface area (Å²) in [6.45, 7) is 1.72. The van der Waals surface area contributed by atoms with Crippen molar-refractivity contribution in [2.45, 2.75) is 18.6 Å². The van der Waals surface area contributed by atoms with Gasteiger partial charge in [-0.2, -0.15) is 5.06 Å². The van der Waals surface area contributed by atoms with E-state index in [0.29, 0.717) is 0 Å². The third-order valence-electron chi connectivity index (χ3n) is 4.68. The van der Waals surface area contributed by atoms with Crippen LogP contribution in [-0.2, 0) is 17.0 Å². The largest absolute Gasteiger partial charge is 0.282 e. The van der Waals surface area contributed by atoms with E-state index < -0.39 is 5.60 Å². The lowest BCUT2D eigenvalue weighted by molar-refractivity contribution is -0.188. The number of hydrogen-bond acceptors (Lipinski definition) is 2. The number of nitrogens with zero attached hydrogens (tertiary/aromatic N) is 1. The fraction of sp³-hybridized carbons (Fsp3) is 0.182. The minimum Gasteiger partial charge on any atom is -0.282 e. The predicted octanol–water partition coefficient (Wildman–Crippen LogP) is 4.77. The predicted molar refractivity (Wildman–Crippen MR) is 96.2 cm³/mol. The Bertz CT molecular complexity index is 731. The van der Waals surface area contributed by atoms with E-state index in [4.69, 9.17) is 4.84 Å². The Hall–Kier alpha value is -2.42. The van der Waals surface area contributed by atoms with Crippen molar-refractivity contribution in [2.75, 3.05) is 6.54 Å². The van der Waals surface area contributed by atoms with E-state index in [9.17, 15) is 0 Å². The second-order valence-corrected chi connectivity index (χ2v) is 6.25. The Balaban J connectivity index is 1.66. The first-order valence-corrected chi connectivity index (χ1v) is 8.46. The maximum Gasteiger partial charge on any atom is 0.141 e. The molecule has 4 rings (SSSR count). The molecule has 0 atom stereocenters. The zero-order valence-corrected chi connectivity index (χ0v) is 13.6. The third kappa shape index (κ3) is 2.86. The van der Waals surface area contributed by atoms with E-state index in [-0.39, 0.29) is 0 Å². The maximum absolute atomic E-state index is 6.56. The van der Waals surface area contributed by atoms with Gasteiger partial charge in [-0.25, -0.2) is 0 Å². The molecule has 2 heteroatoms. The Morgan fingerprint density at radius 3 is 1.75 bits per heavy atom. The average molecular weight is 315 g/mol. The fourth-order valence-electron chi connectivity index (χ4n) is 3.47. The van der Waals surface area contributed by atoms with Crippen molar-refractivity contribution in [2.24, 2.45) is 0 Å². The van der Waals surface area contributed by atoms with Crippen LogP contribution in [0.3, 0.4) is 0 Å². The summed E-state index contributed by atoms with van der Waals surface area (Å²) < 4.78 is 0. The molecule has 0 saturated carbocycles. The van der Waals surface area contributed by atoms with Crippen LogP contribution in [0.2, 0.25) is 0 Å². The number of benzene rings is 3. The Kier molecular flexibility index (Phi) is 4.16. The molecule has 3 aromatic carbocycles. The van der Waals surface area contributed by atoms with Crippen LogP contribution in [-0.4, -0.2) is 11.6 Å². The van der Waals surface area contributed by atoms with Crippen LogP contribution in [0.4, 0.5) is 0 Å². The van der Waals surface area contributed by atoms with Gasteiger partial charge in [-0.05, 0) is 16.7 Å². The molecule has 120 valence electrons. The molecule has 0 aliphatic carbocycles. The summed E-state index contributed by atoms with van der Waals surface area (Å²) in [5, 5.41) is 2.09. The zero-order valence-electron chi connectivity index (χ0n) is 13.6. The van der Waals surface area contributed by atoms with E-state index in [1.54, 1.807) is 0 Å². The summed E-state index contributed by atoms with van der Waals surface area (Å²) in [6.07, 6.45) is 0.952. The van der Waals surface area contributed by atoms with Crippen molar-refractivity contribution in [1.82, 2.24) is 5.06 Å². The number of hydroxylamine groups is 2. The molecule has 0 radical (unpaired) electrons. The molecule has 2 nitrogen and oxygen atoms in total. The second kappa shape index (κ2) is 6.60. The standard InChI is InChI=1S/C22H21NO/c1-4-10-19(11-5-1)18-23-17-16-22(24-23,20-12-6-2-7-13-20)21-14-8-3-9-15-21/h1-15H,16-18H2. The van der Waals surface area contributed by atoms with Crippen molar-refractivity contribution < 1.29 is 4.84 Å². The lowest BCUT2D eigenvalue weighted by Crippen LogP contribution is -2.29. The van der Waals surface area contributed by atoms with Crippen LogP contribution >= 0.6 is 0 Å². The third-order valence-corrected chi connectivity index (χ3v) is 4.68. The molecule has 3 aromatic rings. The molecule has 0 aromatic heterocycles. The van der Waals surface area contributed by atoms with E-state index in [2.05, 4.69) is 90.0 Å². The highest BCUT2D eigenvalue weighted by Gasteiger charge is 2.42. The fourth-order valence-corrected chi connectivity index (χ4v) is 3.47.